The summed E-state index contributed by atoms with van der Waals surface area (Å²) in [5.74, 6) is 0. The van der Waals surface area contributed by atoms with E-state index < -0.39 is 31.1 Å². The number of nitrogens with one attached hydrogen (secondary N) is 1. The average molecular weight is 318 g/mol. The Kier molecular flexibility index (Phi) is 5.25. The van der Waals surface area contributed by atoms with Gasteiger partial charge in [0.15, 0.2) is 11.0 Å². The Morgan fingerprint density at radius 3 is 2.76 bits per heavy atom. The first-order valence-corrected chi connectivity index (χ1v) is 6.95. The summed E-state index contributed by atoms with van der Waals surface area (Å²) in [6.45, 7) is 1.91. The van der Waals surface area contributed by atoms with Gasteiger partial charge in [-0.1, -0.05) is 0 Å². The Balaban J connectivity index is 2.35. The minimum atomic E-state index is -1.26. The van der Waals surface area contributed by atoms with E-state index in [9.17, 15) is 15.0 Å². The normalized spacial score (nSPS) is 29.0. The number of aromatic nitrogens is 2. The van der Waals surface area contributed by atoms with Gasteiger partial charge in [-0.3, -0.25) is 14.3 Å². The topological polar surface area (TPSA) is 117 Å². The lowest BCUT2D eigenvalue weighted by Gasteiger charge is -2.19. The fourth-order valence-electron chi connectivity index (χ4n) is 2.14. The van der Waals surface area contributed by atoms with E-state index in [1.807, 2.05) is 0 Å². The zero-order valence-electron chi connectivity index (χ0n) is 11.4. The Morgan fingerprint density at radius 1 is 1.48 bits per heavy atom. The smallest absolute Gasteiger partial charge is 0.257 e. The molecule has 2 rings (SSSR count). The first kappa shape index (κ1) is 16.3. The first-order valence-electron chi connectivity index (χ1n) is 6.54. The fourth-order valence-corrected chi connectivity index (χ4v) is 2.39. The highest BCUT2D eigenvalue weighted by Gasteiger charge is 2.43. The molecule has 21 heavy (non-hydrogen) atoms. The average Bonchev–Trinajstić information content (AvgIpc) is 2.74. The van der Waals surface area contributed by atoms with Crippen LogP contribution < -0.4 is 5.56 Å². The van der Waals surface area contributed by atoms with Crippen LogP contribution in [0.5, 0.6) is 0 Å². The molecule has 0 radical (unpaired) electrons. The van der Waals surface area contributed by atoms with Crippen molar-refractivity contribution < 1.29 is 24.8 Å². The SMILES string of the molecule is CCOCc1cn([C@@H]2O[C@H](CO)[C@@H](O)[C@H]2O)c(=S)[nH]c1=O. The van der Waals surface area contributed by atoms with Gasteiger partial charge in [0.25, 0.3) is 5.56 Å². The number of aromatic amines is 1. The molecule has 1 aromatic rings. The van der Waals surface area contributed by atoms with Crippen LogP contribution in [0.4, 0.5) is 0 Å². The van der Waals surface area contributed by atoms with Crippen molar-refractivity contribution >= 4 is 12.2 Å². The van der Waals surface area contributed by atoms with Crippen LogP contribution in [0.3, 0.4) is 0 Å². The first-order chi connectivity index (χ1) is 9.99. The molecule has 8 nitrogen and oxygen atoms in total. The van der Waals surface area contributed by atoms with Crippen LogP contribution in [0.25, 0.3) is 0 Å². The van der Waals surface area contributed by atoms with Gasteiger partial charge < -0.3 is 24.8 Å². The molecule has 0 unspecified atom stereocenters. The highest BCUT2D eigenvalue weighted by atomic mass is 32.1. The lowest BCUT2D eigenvalue weighted by atomic mass is 10.1. The van der Waals surface area contributed by atoms with Crippen molar-refractivity contribution in [3.8, 4) is 0 Å². The molecule has 1 saturated heterocycles. The molecule has 2 heterocycles. The van der Waals surface area contributed by atoms with Gasteiger partial charge in [0, 0.05) is 12.8 Å². The summed E-state index contributed by atoms with van der Waals surface area (Å²) < 4.78 is 12.0. The molecular weight excluding hydrogens is 300 g/mol. The van der Waals surface area contributed by atoms with Gasteiger partial charge in [-0.2, -0.15) is 0 Å². The van der Waals surface area contributed by atoms with Crippen LogP contribution in [-0.4, -0.2) is 56.4 Å². The minimum Gasteiger partial charge on any atom is -0.394 e. The van der Waals surface area contributed by atoms with E-state index in [1.165, 1.54) is 10.8 Å². The summed E-state index contributed by atoms with van der Waals surface area (Å²) in [6, 6.07) is 0. The van der Waals surface area contributed by atoms with E-state index in [4.69, 9.17) is 26.8 Å². The number of nitrogens with zero attached hydrogens (tertiary/aromatic N) is 1. The number of ether oxygens (including phenoxy) is 2. The Bertz CT molecular complexity index is 600. The molecule has 0 saturated carbocycles. The van der Waals surface area contributed by atoms with E-state index in [0.717, 1.165) is 0 Å². The van der Waals surface area contributed by atoms with Gasteiger partial charge in [-0.15, -0.1) is 0 Å². The summed E-state index contributed by atoms with van der Waals surface area (Å²) in [5, 5.41) is 28.9. The standard InChI is InChI=1S/C12H18N2O6S/c1-2-19-5-6-3-14(12(21)13-10(6)18)11-9(17)8(16)7(4-15)20-11/h3,7-9,11,15-17H,2,4-5H2,1H3,(H,13,18,21)/t7-,8-,9-,11-/m1/s1. The van der Waals surface area contributed by atoms with Crippen LogP contribution in [0, 0.1) is 4.77 Å². The number of H-pyrrole nitrogens is 1. The molecule has 0 spiro atoms. The molecule has 0 bridgehead atoms. The lowest BCUT2D eigenvalue weighted by molar-refractivity contribution is -0.0544. The summed E-state index contributed by atoms with van der Waals surface area (Å²) >= 11 is 5.05. The zero-order valence-corrected chi connectivity index (χ0v) is 12.2. The van der Waals surface area contributed by atoms with Crippen molar-refractivity contribution in [1.29, 1.82) is 0 Å². The number of aliphatic hydroxyl groups excluding tert-OH is 3. The molecule has 0 amide bonds. The lowest BCUT2D eigenvalue weighted by Crippen LogP contribution is -2.33. The van der Waals surface area contributed by atoms with E-state index >= 15 is 0 Å². The third-order valence-electron chi connectivity index (χ3n) is 3.29. The van der Waals surface area contributed by atoms with Gasteiger partial charge in [-0.05, 0) is 19.1 Å². The van der Waals surface area contributed by atoms with Crippen molar-refractivity contribution in [2.75, 3.05) is 13.2 Å². The Labute approximate surface area is 125 Å². The molecular formula is C12H18N2O6S. The van der Waals surface area contributed by atoms with Crippen molar-refractivity contribution in [1.82, 2.24) is 9.55 Å². The van der Waals surface area contributed by atoms with E-state index in [0.29, 0.717) is 12.2 Å². The second-order valence-electron chi connectivity index (χ2n) is 4.69. The van der Waals surface area contributed by atoms with Gasteiger partial charge in [0.1, 0.15) is 18.3 Å². The maximum Gasteiger partial charge on any atom is 0.257 e. The third kappa shape index (κ3) is 3.23. The van der Waals surface area contributed by atoms with E-state index in [1.54, 1.807) is 6.92 Å². The maximum absolute atomic E-state index is 11.8. The largest absolute Gasteiger partial charge is 0.394 e. The summed E-state index contributed by atoms with van der Waals surface area (Å²) in [4.78, 5) is 14.2. The van der Waals surface area contributed by atoms with Gasteiger partial charge in [0.2, 0.25) is 0 Å². The fraction of sp³-hybridized carbons (Fsp3) is 0.667. The molecule has 4 N–H and O–H groups in total. The van der Waals surface area contributed by atoms with Gasteiger partial charge in [0.05, 0.1) is 18.8 Å². The number of hydrogen-bond acceptors (Lipinski definition) is 7. The second-order valence-corrected chi connectivity index (χ2v) is 5.07. The van der Waals surface area contributed by atoms with Crippen molar-refractivity contribution in [3.05, 3.63) is 26.9 Å². The molecule has 4 atom stereocenters. The maximum atomic E-state index is 11.8. The van der Waals surface area contributed by atoms with E-state index in [2.05, 4.69) is 4.98 Å². The van der Waals surface area contributed by atoms with Crippen molar-refractivity contribution in [2.24, 2.45) is 0 Å². The molecule has 0 aliphatic carbocycles. The van der Waals surface area contributed by atoms with Crippen LogP contribution in [-0.2, 0) is 16.1 Å². The minimum absolute atomic E-state index is 0.0510. The number of hydrogen-bond donors (Lipinski definition) is 4. The van der Waals surface area contributed by atoms with Gasteiger partial charge in [-0.25, -0.2) is 0 Å². The van der Waals surface area contributed by atoms with Crippen molar-refractivity contribution in [3.63, 3.8) is 0 Å². The van der Waals surface area contributed by atoms with Crippen molar-refractivity contribution in [2.45, 2.75) is 38.1 Å². The van der Waals surface area contributed by atoms with Crippen LogP contribution in [0.15, 0.2) is 11.0 Å². The molecule has 9 heteroatoms. The molecule has 118 valence electrons. The Hall–Kier alpha value is -1.10. The highest BCUT2D eigenvalue weighted by molar-refractivity contribution is 7.71. The van der Waals surface area contributed by atoms with Gasteiger partial charge >= 0.3 is 0 Å². The summed E-state index contributed by atoms with van der Waals surface area (Å²) in [5.41, 5.74) is -0.0559. The quantitative estimate of drug-likeness (QED) is 0.517. The van der Waals surface area contributed by atoms with E-state index in [-0.39, 0.29) is 16.9 Å². The van der Waals surface area contributed by atoms with Crippen LogP contribution in [0.2, 0.25) is 0 Å². The monoisotopic (exact) mass is 318 g/mol. The Morgan fingerprint density at radius 2 is 2.19 bits per heavy atom. The molecule has 1 aliphatic rings. The predicted octanol–water partition coefficient (Wildman–Crippen LogP) is -0.946. The molecule has 0 aromatic carbocycles. The molecule has 1 aliphatic heterocycles. The molecule has 1 aromatic heterocycles. The van der Waals surface area contributed by atoms with Crippen LogP contribution >= 0.6 is 12.2 Å². The highest BCUT2D eigenvalue weighted by Crippen LogP contribution is 2.29. The summed E-state index contributed by atoms with van der Waals surface area (Å²) in [6.07, 6.45) is -2.96. The number of rotatable bonds is 5. The van der Waals surface area contributed by atoms with Crippen LogP contribution in [0.1, 0.15) is 18.7 Å². The second kappa shape index (κ2) is 6.77. The summed E-state index contributed by atoms with van der Waals surface area (Å²) in [7, 11) is 0. The molecule has 1 fully saturated rings. The predicted molar refractivity (Wildman–Crippen MR) is 74.2 cm³/mol. The number of aliphatic hydroxyl groups is 3. The zero-order chi connectivity index (χ0) is 15.6. The third-order valence-corrected chi connectivity index (χ3v) is 3.61.